The number of amides is 3. The summed E-state index contributed by atoms with van der Waals surface area (Å²) in [6, 6.07) is 2.72. The minimum absolute atomic E-state index is 0.311. The van der Waals surface area contributed by atoms with E-state index in [1.807, 2.05) is 20.8 Å². The van der Waals surface area contributed by atoms with Crippen molar-refractivity contribution >= 4 is 17.6 Å². The fraction of sp³-hybridized carbons (Fsp3) is 0.500. The molecule has 0 aliphatic heterocycles. The molecule has 0 unspecified atom stereocenters. The zero-order valence-corrected chi connectivity index (χ0v) is 14.1. The predicted molar refractivity (Wildman–Crippen MR) is 87.1 cm³/mol. The summed E-state index contributed by atoms with van der Waals surface area (Å²) in [6.07, 6.45) is 0. The standard InChI is InChI=1S/C16H24FN3O3/c1-6-23-13-9-11(17)7-8-12(13)18-10(2)14(21)19-15(22)20-16(3,4)5/h7-10,18H,6H2,1-5H3,(H2,19,20,21,22)/t10-/m0/s1. The largest absolute Gasteiger partial charge is 0.492 e. The van der Waals surface area contributed by atoms with Crippen LogP contribution in [0.25, 0.3) is 0 Å². The van der Waals surface area contributed by atoms with Gasteiger partial charge in [0, 0.05) is 11.6 Å². The van der Waals surface area contributed by atoms with Gasteiger partial charge < -0.3 is 15.4 Å². The third-order valence-electron chi connectivity index (χ3n) is 2.73. The Kier molecular flexibility index (Phi) is 6.36. The highest BCUT2D eigenvalue weighted by Crippen LogP contribution is 2.26. The van der Waals surface area contributed by atoms with Gasteiger partial charge in [-0.25, -0.2) is 9.18 Å². The van der Waals surface area contributed by atoms with Gasteiger partial charge in [-0.3, -0.25) is 10.1 Å². The average Bonchev–Trinajstić information content (AvgIpc) is 2.39. The number of carbonyl (C=O) groups excluding carboxylic acids is 2. The lowest BCUT2D eigenvalue weighted by atomic mass is 10.1. The fourth-order valence-electron chi connectivity index (χ4n) is 1.78. The molecule has 128 valence electrons. The van der Waals surface area contributed by atoms with Gasteiger partial charge in [0.25, 0.3) is 0 Å². The summed E-state index contributed by atoms with van der Waals surface area (Å²) in [5, 5.41) is 7.79. The summed E-state index contributed by atoms with van der Waals surface area (Å²) >= 11 is 0. The lowest BCUT2D eigenvalue weighted by Gasteiger charge is -2.22. The van der Waals surface area contributed by atoms with Crippen LogP contribution in [-0.4, -0.2) is 30.1 Å². The van der Waals surface area contributed by atoms with Gasteiger partial charge in [-0.2, -0.15) is 0 Å². The molecular weight excluding hydrogens is 301 g/mol. The molecule has 0 aliphatic carbocycles. The third-order valence-corrected chi connectivity index (χ3v) is 2.73. The van der Waals surface area contributed by atoms with Crippen molar-refractivity contribution in [2.24, 2.45) is 0 Å². The van der Waals surface area contributed by atoms with Crippen LogP contribution in [0, 0.1) is 5.82 Å². The van der Waals surface area contributed by atoms with Crippen LogP contribution in [0.5, 0.6) is 5.75 Å². The molecule has 0 radical (unpaired) electrons. The molecular formula is C16H24FN3O3. The maximum atomic E-state index is 13.3. The summed E-state index contributed by atoms with van der Waals surface area (Å²) in [5.74, 6) is -0.620. The minimum Gasteiger partial charge on any atom is -0.492 e. The summed E-state index contributed by atoms with van der Waals surface area (Å²) in [6.45, 7) is 9.18. The summed E-state index contributed by atoms with van der Waals surface area (Å²) < 4.78 is 18.6. The van der Waals surface area contributed by atoms with Crippen molar-refractivity contribution in [1.29, 1.82) is 0 Å². The van der Waals surface area contributed by atoms with E-state index in [0.29, 0.717) is 18.0 Å². The third kappa shape index (κ3) is 6.54. The van der Waals surface area contributed by atoms with Crippen molar-refractivity contribution in [3.63, 3.8) is 0 Å². The molecule has 6 nitrogen and oxygen atoms in total. The zero-order valence-electron chi connectivity index (χ0n) is 14.1. The number of rotatable bonds is 5. The Morgan fingerprint density at radius 3 is 2.52 bits per heavy atom. The highest BCUT2D eigenvalue weighted by molar-refractivity contribution is 5.98. The van der Waals surface area contributed by atoms with E-state index in [1.165, 1.54) is 18.2 Å². The van der Waals surface area contributed by atoms with E-state index in [1.54, 1.807) is 13.8 Å². The first-order valence-electron chi connectivity index (χ1n) is 7.44. The van der Waals surface area contributed by atoms with Crippen molar-refractivity contribution in [3.8, 4) is 5.75 Å². The molecule has 1 rings (SSSR count). The Labute approximate surface area is 135 Å². The van der Waals surface area contributed by atoms with Crippen molar-refractivity contribution in [2.45, 2.75) is 46.2 Å². The van der Waals surface area contributed by atoms with E-state index in [2.05, 4.69) is 16.0 Å². The number of hydrogen-bond donors (Lipinski definition) is 3. The minimum atomic E-state index is -0.703. The maximum Gasteiger partial charge on any atom is 0.321 e. The molecule has 1 atom stereocenters. The number of imide groups is 1. The summed E-state index contributed by atoms with van der Waals surface area (Å²) in [7, 11) is 0. The number of benzene rings is 1. The molecule has 0 heterocycles. The van der Waals surface area contributed by atoms with Gasteiger partial charge in [0.1, 0.15) is 17.6 Å². The predicted octanol–water partition coefficient (Wildman–Crippen LogP) is 2.65. The van der Waals surface area contributed by atoms with Crippen LogP contribution < -0.4 is 20.7 Å². The van der Waals surface area contributed by atoms with Gasteiger partial charge in [0.05, 0.1) is 12.3 Å². The molecule has 0 fully saturated rings. The number of hydrogen-bond acceptors (Lipinski definition) is 4. The highest BCUT2D eigenvalue weighted by atomic mass is 19.1. The molecule has 0 aliphatic rings. The topological polar surface area (TPSA) is 79.5 Å². The number of ether oxygens (including phenoxy) is 1. The quantitative estimate of drug-likeness (QED) is 0.777. The molecule has 0 saturated heterocycles. The maximum absolute atomic E-state index is 13.3. The zero-order chi connectivity index (χ0) is 17.6. The van der Waals surface area contributed by atoms with E-state index in [9.17, 15) is 14.0 Å². The van der Waals surface area contributed by atoms with Crippen LogP contribution in [0.2, 0.25) is 0 Å². The van der Waals surface area contributed by atoms with Crippen LogP contribution in [0.1, 0.15) is 34.6 Å². The van der Waals surface area contributed by atoms with Crippen LogP contribution in [0.4, 0.5) is 14.9 Å². The molecule has 0 saturated carbocycles. The molecule has 0 bridgehead atoms. The van der Waals surface area contributed by atoms with Gasteiger partial charge >= 0.3 is 6.03 Å². The van der Waals surface area contributed by atoms with Crippen LogP contribution in [0.15, 0.2) is 18.2 Å². The Morgan fingerprint density at radius 1 is 1.30 bits per heavy atom. The van der Waals surface area contributed by atoms with Gasteiger partial charge in [-0.05, 0) is 46.8 Å². The van der Waals surface area contributed by atoms with E-state index in [4.69, 9.17) is 4.74 Å². The van der Waals surface area contributed by atoms with E-state index >= 15 is 0 Å². The average molecular weight is 325 g/mol. The number of carbonyl (C=O) groups is 2. The normalized spacial score (nSPS) is 12.3. The molecule has 23 heavy (non-hydrogen) atoms. The highest BCUT2D eigenvalue weighted by Gasteiger charge is 2.20. The van der Waals surface area contributed by atoms with Gasteiger partial charge in [0.2, 0.25) is 5.91 Å². The number of urea groups is 1. The van der Waals surface area contributed by atoms with Crippen LogP contribution in [0.3, 0.4) is 0 Å². The molecule has 3 N–H and O–H groups in total. The number of anilines is 1. The van der Waals surface area contributed by atoms with Gasteiger partial charge in [0.15, 0.2) is 0 Å². The van der Waals surface area contributed by atoms with Crippen LogP contribution in [-0.2, 0) is 4.79 Å². The molecule has 1 aromatic carbocycles. The van der Waals surface area contributed by atoms with Crippen LogP contribution >= 0.6 is 0 Å². The van der Waals surface area contributed by atoms with Crippen molar-refractivity contribution in [1.82, 2.24) is 10.6 Å². The van der Waals surface area contributed by atoms with Gasteiger partial charge in [-0.15, -0.1) is 0 Å². The molecule has 7 heteroatoms. The van der Waals surface area contributed by atoms with E-state index < -0.39 is 29.3 Å². The fourth-order valence-corrected chi connectivity index (χ4v) is 1.78. The van der Waals surface area contributed by atoms with Gasteiger partial charge in [-0.1, -0.05) is 0 Å². The Hall–Kier alpha value is -2.31. The molecule has 0 aromatic heterocycles. The second-order valence-corrected chi connectivity index (χ2v) is 6.13. The SMILES string of the molecule is CCOc1cc(F)ccc1N[C@@H](C)C(=O)NC(=O)NC(C)(C)C. The lowest BCUT2D eigenvalue weighted by Crippen LogP contribution is -2.51. The first-order chi connectivity index (χ1) is 10.6. The van der Waals surface area contributed by atoms with E-state index in [-0.39, 0.29) is 0 Å². The Balaban J connectivity index is 2.70. The lowest BCUT2D eigenvalue weighted by molar-refractivity contribution is -0.120. The van der Waals surface area contributed by atoms with Crippen molar-refractivity contribution in [2.75, 3.05) is 11.9 Å². The molecule has 3 amide bonds. The Bertz CT molecular complexity index is 570. The van der Waals surface area contributed by atoms with E-state index in [0.717, 1.165) is 0 Å². The second kappa shape index (κ2) is 7.80. The van der Waals surface area contributed by atoms with Crippen molar-refractivity contribution in [3.05, 3.63) is 24.0 Å². The number of halogens is 1. The summed E-state index contributed by atoms with van der Waals surface area (Å²) in [5.41, 5.74) is 0.0345. The molecule has 0 spiro atoms. The second-order valence-electron chi connectivity index (χ2n) is 6.13. The summed E-state index contributed by atoms with van der Waals surface area (Å²) in [4.78, 5) is 23.7. The molecule has 1 aromatic rings. The Morgan fingerprint density at radius 2 is 1.96 bits per heavy atom. The smallest absolute Gasteiger partial charge is 0.321 e. The first-order valence-corrected chi connectivity index (χ1v) is 7.44. The monoisotopic (exact) mass is 325 g/mol. The first kappa shape index (κ1) is 18.7. The van der Waals surface area contributed by atoms with Crippen molar-refractivity contribution < 1.29 is 18.7 Å². The number of nitrogens with one attached hydrogen (secondary N) is 3.